The molecule has 1 fully saturated rings. The summed E-state index contributed by atoms with van der Waals surface area (Å²) in [5, 5.41) is 0. The molecule has 4 heteroatoms. The van der Waals surface area contributed by atoms with Crippen molar-refractivity contribution in [3.05, 3.63) is 47.7 Å². The van der Waals surface area contributed by atoms with Gasteiger partial charge >= 0.3 is 5.97 Å². The van der Waals surface area contributed by atoms with E-state index in [0.29, 0.717) is 12.2 Å². The second kappa shape index (κ2) is 3.73. The fourth-order valence-corrected chi connectivity index (χ4v) is 2.20. The Bertz CT molecular complexity index is 507. The monoisotopic (exact) mass is 229 g/mol. The lowest BCUT2D eigenvalue weighted by Gasteiger charge is -2.16. The maximum Gasteiger partial charge on any atom is 0.333 e. The molecule has 0 spiro atoms. The Morgan fingerprint density at radius 3 is 2.76 bits per heavy atom. The lowest BCUT2D eigenvalue weighted by atomic mass is 10.2. The molecule has 86 valence electrons. The Kier molecular flexibility index (Phi) is 2.21. The van der Waals surface area contributed by atoms with Gasteiger partial charge in [-0.25, -0.2) is 4.79 Å². The van der Waals surface area contributed by atoms with Gasteiger partial charge in [0.25, 0.3) is 0 Å². The summed E-state index contributed by atoms with van der Waals surface area (Å²) in [5.41, 5.74) is 1.74. The average Bonchev–Trinajstić information content (AvgIpc) is 2.79. The average molecular weight is 229 g/mol. The predicted molar refractivity (Wildman–Crippen MR) is 59.6 cm³/mol. The van der Waals surface area contributed by atoms with E-state index in [1.54, 1.807) is 4.90 Å². The molecular weight excluding hydrogens is 218 g/mol. The van der Waals surface area contributed by atoms with E-state index in [4.69, 9.17) is 4.74 Å². The lowest BCUT2D eigenvalue weighted by Crippen LogP contribution is -2.22. The van der Waals surface area contributed by atoms with Crippen molar-refractivity contribution in [3.63, 3.8) is 0 Å². The molecule has 2 heterocycles. The molecule has 4 nitrogen and oxygen atoms in total. The number of nitrogens with zero attached hydrogens (tertiary/aromatic N) is 1. The van der Waals surface area contributed by atoms with Gasteiger partial charge in [0.05, 0.1) is 18.7 Å². The summed E-state index contributed by atoms with van der Waals surface area (Å²) in [6, 6.07) is 9.70. The van der Waals surface area contributed by atoms with Gasteiger partial charge in [-0.2, -0.15) is 0 Å². The molecule has 0 unspecified atom stereocenters. The van der Waals surface area contributed by atoms with Crippen molar-refractivity contribution in [2.24, 2.45) is 0 Å². The van der Waals surface area contributed by atoms with E-state index in [2.05, 4.69) is 0 Å². The van der Waals surface area contributed by atoms with Gasteiger partial charge in [0.1, 0.15) is 0 Å². The van der Waals surface area contributed by atoms with Crippen LogP contribution >= 0.6 is 0 Å². The van der Waals surface area contributed by atoms with Crippen molar-refractivity contribution in [1.29, 1.82) is 0 Å². The second-order valence-electron chi connectivity index (χ2n) is 4.16. The fourth-order valence-electron chi connectivity index (χ4n) is 2.20. The first-order chi connectivity index (χ1) is 8.24. The van der Waals surface area contributed by atoms with Gasteiger partial charge in [0, 0.05) is 6.08 Å². The van der Waals surface area contributed by atoms with Crippen molar-refractivity contribution in [2.75, 3.05) is 0 Å². The van der Waals surface area contributed by atoms with Crippen LogP contribution in [0.2, 0.25) is 0 Å². The van der Waals surface area contributed by atoms with Gasteiger partial charge in [0.2, 0.25) is 5.91 Å². The van der Waals surface area contributed by atoms with Gasteiger partial charge < -0.3 is 9.64 Å². The van der Waals surface area contributed by atoms with Crippen LogP contribution in [0.3, 0.4) is 0 Å². The molecule has 3 rings (SSSR count). The van der Waals surface area contributed by atoms with Crippen LogP contribution < -0.4 is 0 Å². The first-order valence-electron chi connectivity index (χ1n) is 5.50. The maximum absolute atomic E-state index is 11.8. The van der Waals surface area contributed by atoms with Crippen LogP contribution in [-0.4, -0.2) is 22.9 Å². The molecule has 0 aliphatic carbocycles. The Balaban J connectivity index is 1.85. The number of esters is 1. The Labute approximate surface area is 98.5 Å². The topological polar surface area (TPSA) is 46.6 Å². The maximum atomic E-state index is 11.8. The minimum absolute atomic E-state index is 0.0117. The number of ether oxygens (including phenoxy) is 1. The second-order valence-corrected chi connectivity index (χ2v) is 4.16. The summed E-state index contributed by atoms with van der Waals surface area (Å²) in [5.74, 6) is -0.340. The van der Waals surface area contributed by atoms with Gasteiger partial charge in [-0.3, -0.25) is 4.79 Å². The molecule has 2 aliphatic rings. The Morgan fingerprint density at radius 1 is 1.24 bits per heavy atom. The third kappa shape index (κ3) is 1.71. The number of benzene rings is 1. The number of likely N-dealkylation sites (tertiary alicyclic amines) is 1. The van der Waals surface area contributed by atoms with Crippen molar-refractivity contribution < 1.29 is 14.3 Å². The van der Waals surface area contributed by atoms with E-state index >= 15 is 0 Å². The van der Waals surface area contributed by atoms with Crippen LogP contribution in [0.1, 0.15) is 12.0 Å². The van der Waals surface area contributed by atoms with E-state index < -0.39 is 0 Å². The first-order valence-corrected chi connectivity index (χ1v) is 5.50. The summed E-state index contributed by atoms with van der Waals surface area (Å²) in [6.45, 7) is 0.499. The van der Waals surface area contributed by atoms with Gasteiger partial charge in [-0.15, -0.1) is 0 Å². The molecule has 1 aromatic carbocycles. The zero-order chi connectivity index (χ0) is 11.8. The van der Waals surface area contributed by atoms with Crippen LogP contribution in [0.4, 0.5) is 0 Å². The van der Waals surface area contributed by atoms with E-state index in [1.165, 1.54) is 6.08 Å². The van der Waals surface area contributed by atoms with Crippen LogP contribution in [0.25, 0.3) is 0 Å². The number of fused-ring (bicyclic) bond motifs is 1. The highest BCUT2D eigenvalue weighted by molar-refractivity contribution is 5.92. The summed E-state index contributed by atoms with van der Waals surface area (Å²) < 4.78 is 5.03. The molecule has 17 heavy (non-hydrogen) atoms. The van der Waals surface area contributed by atoms with Crippen molar-refractivity contribution >= 4 is 11.9 Å². The van der Waals surface area contributed by atoms with Crippen LogP contribution in [0.5, 0.6) is 0 Å². The van der Waals surface area contributed by atoms with Crippen molar-refractivity contribution in [3.8, 4) is 0 Å². The van der Waals surface area contributed by atoms with E-state index in [-0.39, 0.29) is 24.4 Å². The zero-order valence-corrected chi connectivity index (χ0v) is 9.13. The van der Waals surface area contributed by atoms with Crippen molar-refractivity contribution in [1.82, 2.24) is 4.90 Å². The zero-order valence-electron chi connectivity index (χ0n) is 9.13. The summed E-state index contributed by atoms with van der Waals surface area (Å²) in [6.07, 6.45) is 1.32. The number of carbonyl (C=O) groups excluding carboxylic acids is 2. The lowest BCUT2D eigenvalue weighted by molar-refractivity contribution is -0.139. The minimum atomic E-state index is -0.362. The molecule has 0 bridgehead atoms. The van der Waals surface area contributed by atoms with E-state index in [0.717, 1.165) is 5.56 Å². The highest BCUT2D eigenvalue weighted by atomic mass is 16.5. The molecule has 0 N–H and O–H groups in total. The minimum Gasteiger partial charge on any atom is -0.452 e. The molecule has 1 saturated heterocycles. The smallest absolute Gasteiger partial charge is 0.333 e. The number of rotatable bonds is 2. The standard InChI is InChI=1S/C13H11NO3/c15-12-7-11-10(6-13(16)17-11)14(12)8-9-4-2-1-3-5-9/h1-6,11H,7-8H2/t11-/m1/s1. The molecule has 0 aromatic heterocycles. The Morgan fingerprint density at radius 2 is 2.00 bits per heavy atom. The normalized spacial score (nSPS) is 22.5. The quantitative estimate of drug-likeness (QED) is 0.716. The van der Waals surface area contributed by atoms with Gasteiger partial charge in [0.15, 0.2) is 6.10 Å². The number of hydrogen-bond donors (Lipinski definition) is 0. The Hall–Kier alpha value is -2.10. The van der Waals surface area contributed by atoms with E-state index in [9.17, 15) is 9.59 Å². The highest BCUT2D eigenvalue weighted by Gasteiger charge is 2.41. The molecule has 0 radical (unpaired) electrons. The largest absolute Gasteiger partial charge is 0.452 e. The SMILES string of the molecule is O=C1C=C2[C@@H](CC(=O)N2Cc2ccccc2)O1. The molecule has 1 aromatic rings. The third-order valence-corrected chi connectivity index (χ3v) is 3.01. The first kappa shape index (κ1) is 10.1. The molecule has 1 amide bonds. The molecule has 0 saturated carbocycles. The summed E-state index contributed by atoms with van der Waals surface area (Å²) in [4.78, 5) is 24.5. The molecule has 2 aliphatic heterocycles. The van der Waals surface area contributed by atoms with Crippen LogP contribution in [0.15, 0.2) is 42.1 Å². The van der Waals surface area contributed by atoms with Crippen LogP contribution in [-0.2, 0) is 20.9 Å². The number of hydrogen-bond acceptors (Lipinski definition) is 3. The molecule has 1 atom stereocenters. The third-order valence-electron chi connectivity index (χ3n) is 3.01. The number of amides is 1. The van der Waals surface area contributed by atoms with Crippen LogP contribution in [0, 0.1) is 0 Å². The van der Waals surface area contributed by atoms with E-state index in [1.807, 2.05) is 30.3 Å². The number of carbonyl (C=O) groups is 2. The highest BCUT2D eigenvalue weighted by Crippen LogP contribution is 2.31. The fraction of sp³-hybridized carbons (Fsp3) is 0.231. The van der Waals surface area contributed by atoms with Crippen molar-refractivity contribution in [2.45, 2.75) is 19.1 Å². The summed E-state index contributed by atoms with van der Waals surface area (Å²) >= 11 is 0. The van der Waals surface area contributed by atoms with Gasteiger partial charge in [-0.1, -0.05) is 30.3 Å². The molecular formula is C13H11NO3. The summed E-state index contributed by atoms with van der Waals surface area (Å²) in [7, 11) is 0. The van der Waals surface area contributed by atoms with Gasteiger partial charge in [-0.05, 0) is 5.56 Å². The predicted octanol–water partition coefficient (Wildman–Crippen LogP) is 1.23.